The van der Waals surface area contributed by atoms with Crippen molar-refractivity contribution in [3.63, 3.8) is 0 Å². The smallest absolute Gasteiger partial charge is 0.242 e. The van der Waals surface area contributed by atoms with Crippen molar-refractivity contribution in [3.8, 4) is 0 Å². The van der Waals surface area contributed by atoms with Crippen molar-refractivity contribution in [2.45, 2.75) is 58.7 Å². The topological polar surface area (TPSA) is 86.8 Å². The van der Waals surface area contributed by atoms with Crippen molar-refractivity contribution in [1.29, 1.82) is 0 Å². The van der Waals surface area contributed by atoms with Crippen LogP contribution in [0.3, 0.4) is 0 Å². The number of sulfonamides is 1. The predicted molar refractivity (Wildman–Crippen MR) is 142 cm³/mol. The van der Waals surface area contributed by atoms with Crippen LogP contribution in [0.15, 0.2) is 48.5 Å². The minimum absolute atomic E-state index is 0.0232. The van der Waals surface area contributed by atoms with Gasteiger partial charge in [0.15, 0.2) is 0 Å². The minimum atomic E-state index is -3.57. The van der Waals surface area contributed by atoms with Gasteiger partial charge in [-0.25, -0.2) is 8.42 Å². The highest BCUT2D eigenvalue weighted by molar-refractivity contribution is 7.92. The molecule has 0 bridgehead atoms. The summed E-state index contributed by atoms with van der Waals surface area (Å²) in [7, 11) is -3.57. The fourth-order valence-electron chi connectivity index (χ4n) is 3.47. The highest BCUT2D eigenvalue weighted by Crippen LogP contribution is 2.22. The van der Waals surface area contributed by atoms with Gasteiger partial charge in [0.05, 0.1) is 11.9 Å². The van der Waals surface area contributed by atoms with E-state index in [4.69, 9.17) is 23.2 Å². The van der Waals surface area contributed by atoms with Crippen molar-refractivity contribution in [2.24, 2.45) is 0 Å². The molecule has 2 amide bonds. The third-order valence-corrected chi connectivity index (χ3v) is 7.55. The van der Waals surface area contributed by atoms with Crippen LogP contribution in [0.2, 0.25) is 10.0 Å². The summed E-state index contributed by atoms with van der Waals surface area (Å²) in [5, 5.41) is 3.92. The number of benzene rings is 2. The molecule has 7 nitrogen and oxygen atoms in total. The molecule has 192 valence electrons. The van der Waals surface area contributed by atoms with Crippen molar-refractivity contribution in [2.75, 3.05) is 17.1 Å². The summed E-state index contributed by atoms with van der Waals surface area (Å²) in [6, 6.07) is 12.9. The van der Waals surface area contributed by atoms with Gasteiger partial charge in [-0.05, 0) is 62.6 Å². The second-order valence-electron chi connectivity index (χ2n) is 8.52. The average molecular weight is 543 g/mol. The summed E-state index contributed by atoms with van der Waals surface area (Å²) < 4.78 is 26.0. The van der Waals surface area contributed by atoms with E-state index in [9.17, 15) is 18.0 Å². The fourth-order valence-corrected chi connectivity index (χ4v) is 4.76. The maximum atomic E-state index is 13.3. The molecule has 10 heteroatoms. The van der Waals surface area contributed by atoms with Crippen LogP contribution in [0.25, 0.3) is 0 Å². The fraction of sp³-hybridized carbons (Fsp3) is 0.440. The maximum absolute atomic E-state index is 13.3. The first kappa shape index (κ1) is 28.9. The molecular weight excluding hydrogens is 509 g/mol. The van der Waals surface area contributed by atoms with Gasteiger partial charge in [0.1, 0.15) is 6.04 Å². The van der Waals surface area contributed by atoms with Gasteiger partial charge in [0.2, 0.25) is 21.8 Å². The summed E-state index contributed by atoms with van der Waals surface area (Å²) in [4.78, 5) is 27.6. The number of hydrogen-bond donors (Lipinski definition) is 1. The van der Waals surface area contributed by atoms with E-state index < -0.39 is 16.1 Å². The number of halogens is 2. The zero-order chi connectivity index (χ0) is 26.2. The third kappa shape index (κ3) is 8.70. The Hall–Kier alpha value is -2.29. The molecule has 0 radical (unpaired) electrons. The highest BCUT2D eigenvalue weighted by atomic mass is 35.5. The van der Waals surface area contributed by atoms with E-state index in [1.54, 1.807) is 43.3 Å². The number of nitrogens with one attached hydrogen (secondary N) is 1. The molecular formula is C25H33Cl2N3O4S. The lowest BCUT2D eigenvalue weighted by Crippen LogP contribution is -2.49. The molecule has 2 aromatic rings. The van der Waals surface area contributed by atoms with Crippen molar-refractivity contribution in [1.82, 2.24) is 10.2 Å². The highest BCUT2D eigenvalue weighted by Gasteiger charge is 2.27. The molecule has 1 N–H and O–H groups in total. The van der Waals surface area contributed by atoms with Gasteiger partial charge >= 0.3 is 0 Å². The van der Waals surface area contributed by atoms with Gasteiger partial charge in [0.25, 0.3) is 0 Å². The molecule has 2 aromatic carbocycles. The lowest BCUT2D eigenvalue weighted by molar-refractivity contribution is -0.140. The van der Waals surface area contributed by atoms with E-state index in [0.29, 0.717) is 15.7 Å². The Kier molecular flexibility index (Phi) is 10.9. The van der Waals surface area contributed by atoms with Gasteiger partial charge in [-0.15, -0.1) is 0 Å². The first-order chi connectivity index (χ1) is 16.4. The van der Waals surface area contributed by atoms with E-state index in [0.717, 1.165) is 18.2 Å². The van der Waals surface area contributed by atoms with Crippen LogP contribution in [-0.2, 0) is 26.2 Å². The summed E-state index contributed by atoms with van der Waals surface area (Å²) in [5.41, 5.74) is 1.20. The maximum Gasteiger partial charge on any atom is 0.242 e. The van der Waals surface area contributed by atoms with Crippen LogP contribution >= 0.6 is 23.2 Å². The normalized spacial score (nSPS) is 13.1. The van der Waals surface area contributed by atoms with E-state index in [-0.39, 0.29) is 43.8 Å². The van der Waals surface area contributed by atoms with Crippen LogP contribution in [0.1, 0.15) is 45.6 Å². The molecule has 0 spiro atoms. The quantitative estimate of drug-likeness (QED) is 0.415. The first-order valence-electron chi connectivity index (χ1n) is 11.5. The molecule has 0 saturated heterocycles. The Morgan fingerprint density at radius 3 is 2.23 bits per heavy atom. The van der Waals surface area contributed by atoms with Crippen LogP contribution < -0.4 is 9.62 Å². The van der Waals surface area contributed by atoms with Crippen LogP contribution in [0.5, 0.6) is 0 Å². The number of amides is 2. The van der Waals surface area contributed by atoms with E-state index in [1.165, 1.54) is 9.21 Å². The lowest BCUT2D eigenvalue weighted by atomic mass is 10.1. The lowest BCUT2D eigenvalue weighted by Gasteiger charge is -2.30. The van der Waals surface area contributed by atoms with E-state index in [2.05, 4.69) is 5.32 Å². The predicted octanol–water partition coefficient (Wildman–Crippen LogP) is 4.87. The summed E-state index contributed by atoms with van der Waals surface area (Å²) in [6.07, 6.45) is 2.22. The largest absolute Gasteiger partial charge is 0.352 e. The molecule has 2 rings (SSSR count). The second-order valence-corrected chi connectivity index (χ2v) is 11.3. The van der Waals surface area contributed by atoms with Crippen LogP contribution in [-0.4, -0.2) is 50.0 Å². The number of hydrogen-bond acceptors (Lipinski definition) is 4. The molecule has 0 aliphatic rings. The van der Waals surface area contributed by atoms with Gasteiger partial charge in [-0.1, -0.05) is 48.3 Å². The Balaban J connectivity index is 2.18. The molecule has 0 aromatic heterocycles. The molecule has 0 heterocycles. The van der Waals surface area contributed by atoms with Gasteiger partial charge in [-0.2, -0.15) is 0 Å². The Labute approximate surface area is 218 Å². The molecule has 0 unspecified atom stereocenters. The van der Waals surface area contributed by atoms with E-state index >= 15 is 0 Å². The molecule has 0 aliphatic carbocycles. The zero-order valence-electron chi connectivity index (χ0n) is 20.5. The van der Waals surface area contributed by atoms with Crippen molar-refractivity contribution in [3.05, 3.63) is 64.1 Å². The van der Waals surface area contributed by atoms with Crippen molar-refractivity contribution >= 4 is 50.7 Å². The number of carbonyl (C=O) groups is 2. The number of nitrogens with zero attached hydrogens (tertiary/aromatic N) is 2. The van der Waals surface area contributed by atoms with Gasteiger partial charge in [0, 0.05) is 35.6 Å². The van der Waals surface area contributed by atoms with Crippen molar-refractivity contribution < 1.29 is 18.0 Å². The minimum Gasteiger partial charge on any atom is -0.352 e. The van der Waals surface area contributed by atoms with Crippen LogP contribution in [0, 0.1) is 0 Å². The summed E-state index contributed by atoms with van der Waals surface area (Å²) >= 11 is 12.2. The first-order valence-corrected chi connectivity index (χ1v) is 14.1. The van der Waals surface area contributed by atoms with Gasteiger partial charge < -0.3 is 10.2 Å². The number of carbonyl (C=O) groups excluding carboxylic acids is 2. The summed E-state index contributed by atoms with van der Waals surface area (Å²) in [5.74, 6) is -0.514. The third-order valence-electron chi connectivity index (χ3n) is 5.73. The average Bonchev–Trinajstić information content (AvgIpc) is 2.80. The monoisotopic (exact) mass is 541 g/mol. The molecule has 0 saturated carbocycles. The molecule has 0 aliphatic heterocycles. The Morgan fingerprint density at radius 2 is 1.66 bits per heavy atom. The number of rotatable bonds is 12. The molecule has 0 fully saturated rings. The Morgan fingerprint density at radius 1 is 1.03 bits per heavy atom. The zero-order valence-corrected chi connectivity index (χ0v) is 22.8. The number of anilines is 1. The SMILES string of the molecule is CC[C@H](C)NC(=O)[C@H](C)N(Cc1ccccc1Cl)C(=O)CCCN(c1ccc(Cl)cc1)S(C)(=O)=O. The van der Waals surface area contributed by atoms with E-state index in [1.807, 2.05) is 26.0 Å². The second kappa shape index (κ2) is 13.1. The van der Waals surface area contributed by atoms with Crippen LogP contribution in [0.4, 0.5) is 5.69 Å². The Bertz CT molecular complexity index is 1110. The summed E-state index contributed by atoms with van der Waals surface area (Å²) in [6.45, 7) is 5.83. The standard InChI is InChI=1S/C25H33Cl2N3O4S/c1-5-18(2)28-25(32)19(3)29(17-20-9-6-7-10-23(20)27)24(31)11-8-16-30(35(4,33)34)22-14-12-21(26)13-15-22/h6-7,9-10,12-15,18-19H,5,8,11,16-17H2,1-4H3,(H,28,32)/t18-,19-/m0/s1. The molecule has 35 heavy (non-hydrogen) atoms. The molecule has 2 atom stereocenters. The van der Waals surface area contributed by atoms with Gasteiger partial charge in [-0.3, -0.25) is 13.9 Å².